The van der Waals surface area contributed by atoms with Crippen molar-refractivity contribution in [3.05, 3.63) is 65.0 Å². The predicted molar refractivity (Wildman–Crippen MR) is 112 cm³/mol. The summed E-state index contributed by atoms with van der Waals surface area (Å²) in [5.41, 5.74) is 1.92. The molecule has 1 aliphatic rings. The van der Waals surface area contributed by atoms with E-state index in [1.165, 1.54) is 6.20 Å². The number of aromatic nitrogens is 1. The van der Waals surface area contributed by atoms with Crippen LogP contribution in [0.5, 0.6) is 0 Å². The normalized spacial score (nSPS) is 13.9. The monoisotopic (exact) mass is 410 g/mol. The lowest BCUT2D eigenvalue weighted by Crippen LogP contribution is -2.24. The van der Waals surface area contributed by atoms with E-state index >= 15 is 0 Å². The van der Waals surface area contributed by atoms with E-state index in [2.05, 4.69) is 20.9 Å². The van der Waals surface area contributed by atoms with Crippen LogP contribution in [-0.2, 0) is 4.79 Å². The molecule has 3 aromatic rings. The van der Waals surface area contributed by atoms with E-state index in [0.717, 1.165) is 31.5 Å². The van der Waals surface area contributed by atoms with Gasteiger partial charge in [0, 0.05) is 17.7 Å². The molecule has 1 fully saturated rings. The molecule has 29 heavy (non-hydrogen) atoms. The van der Waals surface area contributed by atoms with Crippen LogP contribution in [0.3, 0.4) is 0 Å². The summed E-state index contributed by atoms with van der Waals surface area (Å²) in [6.45, 7) is 1.71. The van der Waals surface area contributed by atoms with Gasteiger partial charge in [0.2, 0.25) is 11.7 Å². The fourth-order valence-corrected chi connectivity index (χ4v) is 3.30. The van der Waals surface area contributed by atoms with Crippen LogP contribution in [0.4, 0.5) is 11.5 Å². The van der Waals surface area contributed by atoms with E-state index in [-0.39, 0.29) is 11.7 Å². The lowest BCUT2D eigenvalue weighted by atomic mass is 10.1. The summed E-state index contributed by atoms with van der Waals surface area (Å²) in [6, 6.07) is 10.4. The van der Waals surface area contributed by atoms with Gasteiger partial charge in [0.05, 0.1) is 5.02 Å². The highest BCUT2D eigenvalue weighted by atomic mass is 35.5. The number of carbonyl (C=O) groups excluding carboxylic acids is 2. The molecule has 3 heterocycles. The zero-order valence-electron chi connectivity index (χ0n) is 15.5. The number of halogens is 1. The summed E-state index contributed by atoms with van der Waals surface area (Å²) in [7, 11) is 0. The van der Waals surface area contributed by atoms with Crippen LogP contribution >= 0.6 is 11.6 Å². The number of amides is 2. The second-order valence-electron chi connectivity index (χ2n) is 6.66. The summed E-state index contributed by atoms with van der Waals surface area (Å²) in [6.07, 6.45) is 4.69. The molecule has 0 radical (unpaired) electrons. The van der Waals surface area contributed by atoms with Gasteiger partial charge in [-0.15, -0.1) is 0 Å². The number of benzene rings is 1. The Morgan fingerprint density at radius 2 is 1.90 bits per heavy atom. The highest BCUT2D eigenvalue weighted by Crippen LogP contribution is 2.31. The van der Waals surface area contributed by atoms with Crippen molar-refractivity contribution in [3.8, 4) is 0 Å². The third kappa shape index (κ3) is 4.47. The summed E-state index contributed by atoms with van der Waals surface area (Å²) >= 11 is 5.83. The van der Waals surface area contributed by atoms with Crippen LogP contribution in [0, 0.1) is 0 Å². The average Bonchev–Trinajstić information content (AvgIpc) is 3.09. The Labute approximate surface area is 172 Å². The van der Waals surface area contributed by atoms with Crippen LogP contribution in [0.2, 0.25) is 5.02 Å². The number of carbonyl (C=O) groups is 2. The standard InChI is InChI=1S/C21H19ClN4O3/c22-14-5-6-17(24-12-14)25-21(28)20-19(15-3-1-2-4-16(15)29-20)26-18(27)11-13-7-9-23-10-8-13/h1-6,11-12,23H,7-10H2,(H,26,27)(H,24,25,28). The molecule has 3 N–H and O–H groups in total. The van der Waals surface area contributed by atoms with Crippen molar-refractivity contribution in [1.29, 1.82) is 0 Å². The maximum atomic E-state index is 12.8. The van der Waals surface area contributed by atoms with Gasteiger partial charge in [0.25, 0.3) is 5.91 Å². The summed E-state index contributed by atoms with van der Waals surface area (Å²) in [5, 5.41) is 9.86. The second-order valence-corrected chi connectivity index (χ2v) is 7.10. The zero-order chi connectivity index (χ0) is 20.2. The Morgan fingerprint density at radius 3 is 2.66 bits per heavy atom. The molecule has 2 aromatic heterocycles. The van der Waals surface area contributed by atoms with Crippen LogP contribution in [-0.4, -0.2) is 29.9 Å². The van der Waals surface area contributed by atoms with Gasteiger partial charge in [0.15, 0.2) is 0 Å². The number of para-hydroxylation sites is 1. The third-order valence-corrected chi connectivity index (χ3v) is 4.82. The molecule has 2 amide bonds. The minimum absolute atomic E-state index is 0.0139. The van der Waals surface area contributed by atoms with Gasteiger partial charge < -0.3 is 20.4 Å². The van der Waals surface area contributed by atoms with Gasteiger partial charge in [-0.2, -0.15) is 0 Å². The zero-order valence-corrected chi connectivity index (χ0v) is 16.3. The number of anilines is 2. The Morgan fingerprint density at radius 1 is 1.10 bits per heavy atom. The van der Waals surface area contributed by atoms with Gasteiger partial charge in [-0.25, -0.2) is 4.98 Å². The quantitative estimate of drug-likeness (QED) is 0.565. The molecule has 0 saturated carbocycles. The van der Waals surface area contributed by atoms with Crippen molar-refractivity contribution in [2.75, 3.05) is 23.7 Å². The maximum Gasteiger partial charge on any atom is 0.294 e. The highest BCUT2D eigenvalue weighted by Gasteiger charge is 2.22. The van der Waals surface area contributed by atoms with E-state index in [9.17, 15) is 9.59 Å². The number of furan rings is 1. The van der Waals surface area contributed by atoms with Crippen molar-refractivity contribution in [2.45, 2.75) is 12.8 Å². The van der Waals surface area contributed by atoms with Gasteiger partial charge >= 0.3 is 0 Å². The van der Waals surface area contributed by atoms with E-state index in [1.807, 2.05) is 6.07 Å². The fraction of sp³-hybridized carbons (Fsp3) is 0.190. The van der Waals surface area contributed by atoms with Crippen molar-refractivity contribution >= 4 is 45.9 Å². The minimum Gasteiger partial charge on any atom is -0.449 e. The van der Waals surface area contributed by atoms with Crippen molar-refractivity contribution in [3.63, 3.8) is 0 Å². The Hall–Kier alpha value is -3.16. The third-order valence-electron chi connectivity index (χ3n) is 4.60. The molecule has 0 atom stereocenters. The average molecular weight is 411 g/mol. The first kappa shape index (κ1) is 19.2. The van der Waals surface area contributed by atoms with Gasteiger partial charge in [-0.3, -0.25) is 9.59 Å². The minimum atomic E-state index is -0.513. The van der Waals surface area contributed by atoms with Crippen LogP contribution in [0.1, 0.15) is 23.4 Å². The number of pyridine rings is 1. The summed E-state index contributed by atoms with van der Waals surface area (Å²) in [5.74, 6) is -0.457. The van der Waals surface area contributed by atoms with E-state index in [1.54, 1.807) is 36.4 Å². The molecule has 0 bridgehead atoms. The number of hydrogen-bond acceptors (Lipinski definition) is 5. The number of hydrogen-bond donors (Lipinski definition) is 3. The number of nitrogens with zero attached hydrogens (tertiary/aromatic N) is 1. The molecule has 4 rings (SSSR count). The smallest absolute Gasteiger partial charge is 0.294 e. The largest absolute Gasteiger partial charge is 0.449 e. The lowest BCUT2D eigenvalue weighted by molar-refractivity contribution is -0.112. The van der Waals surface area contributed by atoms with Crippen molar-refractivity contribution in [2.24, 2.45) is 0 Å². The van der Waals surface area contributed by atoms with Crippen LogP contribution in [0.15, 0.2) is 58.7 Å². The number of nitrogens with one attached hydrogen (secondary N) is 3. The molecular weight excluding hydrogens is 392 g/mol. The summed E-state index contributed by atoms with van der Waals surface area (Å²) in [4.78, 5) is 29.5. The van der Waals surface area contributed by atoms with E-state index < -0.39 is 5.91 Å². The molecule has 1 aromatic carbocycles. The molecular formula is C21H19ClN4O3. The second kappa shape index (κ2) is 8.46. The van der Waals surface area contributed by atoms with Crippen molar-refractivity contribution < 1.29 is 14.0 Å². The lowest BCUT2D eigenvalue weighted by Gasteiger charge is -2.14. The molecule has 0 aliphatic carbocycles. The summed E-state index contributed by atoms with van der Waals surface area (Å²) < 4.78 is 5.74. The van der Waals surface area contributed by atoms with Gasteiger partial charge in [0.1, 0.15) is 17.1 Å². The number of rotatable bonds is 4. The van der Waals surface area contributed by atoms with Gasteiger partial charge in [-0.05, 0) is 50.2 Å². The predicted octanol–water partition coefficient (Wildman–Crippen LogP) is 3.98. The number of fused-ring (bicyclic) bond motifs is 1. The van der Waals surface area contributed by atoms with E-state index in [4.69, 9.17) is 16.0 Å². The fourth-order valence-electron chi connectivity index (χ4n) is 3.19. The molecule has 1 aliphatic heterocycles. The van der Waals surface area contributed by atoms with E-state index in [0.29, 0.717) is 27.5 Å². The Balaban J connectivity index is 1.62. The molecule has 0 unspecified atom stereocenters. The highest BCUT2D eigenvalue weighted by molar-refractivity contribution is 6.30. The molecule has 148 valence electrons. The van der Waals surface area contributed by atoms with Gasteiger partial charge in [-0.1, -0.05) is 29.3 Å². The molecule has 0 spiro atoms. The first-order valence-electron chi connectivity index (χ1n) is 9.26. The Bertz CT molecular complexity index is 1080. The topological polar surface area (TPSA) is 96.3 Å². The van der Waals surface area contributed by atoms with Crippen LogP contribution in [0.25, 0.3) is 11.0 Å². The number of piperidine rings is 1. The first-order valence-corrected chi connectivity index (χ1v) is 9.63. The maximum absolute atomic E-state index is 12.8. The first-order chi connectivity index (χ1) is 14.1. The molecule has 8 heteroatoms. The van der Waals surface area contributed by atoms with Crippen LogP contribution < -0.4 is 16.0 Å². The molecule has 7 nitrogen and oxygen atoms in total. The Kier molecular flexibility index (Phi) is 5.59. The van der Waals surface area contributed by atoms with Crippen molar-refractivity contribution in [1.82, 2.24) is 10.3 Å². The molecule has 1 saturated heterocycles. The SMILES string of the molecule is O=C(C=C1CCNCC1)Nc1c(C(=O)Nc2ccc(Cl)cn2)oc2ccccc12.